The molecule has 4 aliphatic heterocycles. The maximum Gasteiger partial charge on any atom is 0.410 e. The number of hydrogen-bond donors (Lipinski definition) is 1. The number of likely N-dealkylation sites (tertiary alicyclic amines) is 2. The van der Waals surface area contributed by atoms with E-state index in [2.05, 4.69) is 11.9 Å². The lowest BCUT2D eigenvalue weighted by Crippen LogP contribution is -2.73. The summed E-state index contributed by atoms with van der Waals surface area (Å²) in [7, 11) is -1.77. The first-order valence-electron chi connectivity index (χ1n) is 17.1. The number of rotatable bonds is 9. The monoisotopic (exact) mass is 730 g/mol. The van der Waals surface area contributed by atoms with E-state index in [1.165, 1.54) is 6.08 Å². The predicted octanol–water partition coefficient (Wildman–Crippen LogP) is 3.95. The Kier molecular flexibility index (Phi) is 10.7. The van der Waals surface area contributed by atoms with E-state index in [9.17, 15) is 28.2 Å². The van der Waals surface area contributed by atoms with Crippen LogP contribution in [0.15, 0.2) is 96.2 Å². The molecule has 2 aromatic carbocycles. The van der Waals surface area contributed by atoms with Crippen LogP contribution >= 0.6 is 0 Å². The summed E-state index contributed by atoms with van der Waals surface area (Å²) in [5.41, 5.74) is 1.01. The molecule has 0 spiro atoms. The molecule has 4 amide bonds. The molecule has 3 saturated heterocycles. The second-order valence-electron chi connectivity index (χ2n) is 13.9. The van der Waals surface area contributed by atoms with Crippen LogP contribution in [0.5, 0.6) is 0 Å². The van der Waals surface area contributed by atoms with Crippen molar-refractivity contribution in [2.45, 2.75) is 62.8 Å². The topological polar surface area (TPSA) is 152 Å². The van der Waals surface area contributed by atoms with E-state index in [1.807, 2.05) is 60.7 Å². The molecule has 3 fully saturated rings. The Morgan fingerprint density at radius 3 is 2.29 bits per heavy atom. The third-order valence-corrected chi connectivity index (χ3v) is 10.8. The average molecular weight is 731 g/mol. The Balaban J connectivity index is 1.31. The van der Waals surface area contributed by atoms with E-state index in [0.717, 1.165) is 4.90 Å². The van der Waals surface area contributed by atoms with Crippen molar-refractivity contribution in [3.63, 3.8) is 0 Å². The van der Waals surface area contributed by atoms with Gasteiger partial charge in [-0.1, -0.05) is 73.3 Å². The van der Waals surface area contributed by atoms with Gasteiger partial charge in [-0.25, -0.2) is 14.4 Å². The number of benzene rings is 2. The van der Waals surface area contributed by atoms with Crippen molar-refractivity contribution in [2.24, 2.45) is 0 Å². The summed E-state index contributed by atoms with van der Waals surface area (Å²) < 4.78 is 30.5. The van der Waals surface area contributed by atoms with Gasteiger partial charge in [0.25, 0.3) is 5.91 Å². The smallest absolute Gasteiger partial charge is 0.410 e. The molecule has 0 aromatic heterocycles. The Morgan fingerprint density at radius 1 is 1.02 bits per heavy atom. The minimum atomic E-state index is -1.77. The fourth-order valence-electron chi connectivity index (χ4n) is 6.80. The minimum absolute atomic E-state index is 0.0897. The molecule has 0 aliphatic carbocycles. The fraction of sp³-hybridized carbons (Fsp3) is 0.395. The quantitative estimate of drug-likeness (QED) is 0.133. The van der Waals surface area contributed by atoms with Crippen LogP contribution in [0.1, 0.15) is 50.8 Å². The molecule has 274 valence electrons. The highest BCUT2D eigenvalue weighted by Gasteiger charge is 2.58. The molecule has 2 aromatic rings. The van der Waals surface area contributed by atoms with Gasteiger partial charge in [0.05, 0.1) is 22.6 Å². The summed E-state index contributed by atoms with van der Waals surface area (Å²) in [4.78, 5) is 71.3. The first-order valence-corrected chi connectivity index (χ1v) is 18.5. The van der Waals surface area contributed by atoms with Gasteiger partial charge in [-0.3, -0.25) is 18.7 Å². The third kappa shape index (κ3) is 7.66. The van der Waals surface area contributed by atoms with Gasteiger partial charge in [0.2, 0.25) is 5.91 Å². The molecule has 6 rings (SSSR count). The second kappa shape index (κ2) is 15.2. The summed E-state index contributed by atoms with van der Waals surface area (Å²) in [6, 6.07) is 16.9. The summed E-state index contributed by atoms with van der Waals surface area (Å²) in [5, 5.41) is 1.46. The molecule has 0 radical (unpaired) electrons. The Hall–Kier alpha value is -5.24. The number of fused-ring (bicyclic) bond motifs is 1. The van der Waals surface area contributed by atoms with Crippen LogP contribution < -0.4 is 5.32 Å². The standard InChI is InChI=1S/C38H42N4O9S/c1-5-20-49-37(47)40-18-17-28(22-40)41-19-16-26(32(41)43)21-27-23-52(48)34-29(39-36(46)51-38(2,3)4)33(44)42(34)30(27)35(45)50-31(24-12-8-6-9-13-24)25-14-10-7-11-15-25/h5-15,21,28-29,31,34H,1,16-20,22-23H2,2-4H3,(H,39,46)/t28-,29-,34-,52+/m1/s1. The molecular formula is C38H42N4O9S. The normalized spacial score (nSPS) is 23.8. The maximum absolute atomic E-state index is 14.4. The van der Waals surface area contributed by atoms with Crippen LogP contribution in [0.4, 0.5) is 9.59 Å². The molecule has 0 bridgehead atoms. The van der Waals surface area contributed by atoms with Crippen LogP contribution in [0.3, 0.4) is 0 Å². The Bertz CT molecular complexity index is 1800. The maximum atomic E-state index is 14.4. The number of β-lactam (4-membered cyclic amide) rings is 1. The first kappa shape index (κ1) is 36.5. The van der Waals surface area contributed by atoms with E-state index in [1.54, 1.807) is 36.6 Å². The van der Waals surface area contributed by atoms with Crippen LogP contribution in [-0.4, -0.2) is 104 Å². The first-order chi connectivity index (χ1) is 24.9. The highest BCUT2D eigenvalue weighted by atomic mass is 32.2. The highest BCUT2D eigenvalue weighted by Crippen LogP contribution is 2.39. The molecule has 4 heterocycles. The van der Waals surface area contributed by atoms with Crippen molar-refractivity contribution in [2.75, 3.05) is 32.0 Å². The largest absolute Gasteiger partial charge is 0.448 e. The van der Waals surface area contributed by atoms with E-state index >= 15 is 0 Å². The van der Waals surface area contributed by atoms with Gasteiger partial charge < -0.3 is 29.3 Å². The zero-order valence-electron chi connectivity index (χ0n) is 29.3. The molecular weight excluding hydrogens is 689 g/mol. The number of esters is 1. The summed E-state index contributed by atoms with van der Waals surface area (Å²) >= 11 is 0. The molecule has 0 saturated carbocycles. The van der Waals surface area contributed by atoms with Crippen molar-refractivity contribution in [1.29, 1.82) is 0 Å². The SMILES string of the molecule is C=CCOC(=O)N1CC[C@@H](N2CCC(=CC3=C(C(=O)OC(c4ccccc4)c4ccccc4)N4C(=O)[C@@H](NC(=O)OC(C)(C)C)[C@H]4[S@@](=O)C3)C2=O)C1. The number of amides is 4. The molecule has 52 heavy (non-hydrogen) atoms. The Morgan fingerprint density at radius 2 is 1.67 bits per heavy atom. The van der Waals surface area contributed by atoms with E-state index in [4.69, 9.17) is 14.2 Å². The number of ether oxygens (including phenoxy) is 3. The zero-order valence-corrected chi connectivity index (χ0v) is 30.1. The Labute approximate surface area is 304 Å². The molecule has 0 unspecified atom stereocenters. The summed E-state index contributed by atoms with van der Waals surface area (Å²) in [5.74, 6) is -1.94. The van der Waals surface area contributed by atoms with E-state index in [0.29, 0.717) is 49.2 Å². The number of carbonyl (C=O) groups excluding carboxylic acids is 5. The molecule has 14 heteroatoms. The second-order valence-corrected chi connectivity index (χ2v) is 15.4. The number of allylic oxidation sites excluding steroid dienone is 1. The number of nitrogens with zero attached hydrogens (tertiary/aromatic N) is 3. The van der Waals surface area contributed by atoms with Gasteiger partial charge >= 0.3 is 18.2 Å². The molecule has 4 aliphatic rings. The van der Waals surface area contributed by atoms with Crippen molar-refractivity contribution in [3.8, 4) is 0 Å². The number of carbonyl (C=O) groups is 5. The van der Waals surface area contributed by atoms with Crippen molar-refractivity contribution in [1.82, 2.24) is 20.0 Å². The average Bonchev–Trinajstić information content (AvgIpc) is 3.75. The lowest BCUT2D eigenvalue weighted by Gasteiger charge is -2.49. The van der Waals surface area contributed by atoms with Gasteiger partial charge in [-0.05, 0) is 56.4 Å². The van der Waals surface area contributed by atoms with Crippen molar-refractivity contribution >= 4 is 40.8 Å². The number of alkyl carbamates (subject to hydrolysis) is 1. The highest BCUT2D eigenvalue weighted by molar-refractivity contribution is 7.86. The van der Waals surface area contributed by atoms with Gasteiger partial charge in [0.1, 0.15) is 29.3 Å². The van der Waals surface area contributed by atoms with Crippen LogP contribution in [-0.2, 0) is 39.4 Å². The van der Waals surface area contributed by atoms with Crippen molar-refractivity contribution in [3.05, 3.63) is 107 Å². The number of hydrogen-bond acceptors (Lipinski definition) is 9. The number of nitrogens with one attached hydrogen (secondary N) is 1. The third-order valence-electron chi connectivity index (χ3n) is 9.14. The van der Waals surface area contributed by atoms with E-state index in [-0.39, 0.29) is 35.6 Å². The van der Waals surface area contributed by atoms with Gasteiger partial charge in [0.15, 0.2) is 6.10 Å². The van der Waals surface area contributed by atoms with Crippen molar-refractivity contribution < 1.29 is 42.4 Å². The summed E-state index contributed by atoms with van der Waals surface area (Å²) in [6.07, 6.45) is 1.77. The van der Waals surface area contributed by atoms with Gasteiger partial charge in [-0.2, -0.15) is 0 Å². The lowest BCUT2D eigenvalue weighted by molar-refractivity contribution is -0.153. The predicted molar refractivity (Wildman–Crippen MR) is 191 cm³/mol. The zero-order chi connectivity index (χ0) is 37.2. The van der Waals surface area contributed by atoms with Crippen LogP contribution in [0.2, 0.25) is 0 Å². The van der Waals surface area contributed by atoms with E-state index < -0.39 is 58.0 Å². The summed E-state index contributed by atoms with van der Waals surface area (Å²) in [6.45, 7) is 9.83. The minimum Gasteiger partial charge on any atom is -0.448 e. The lowest BCUT2D eigenvalue weighted by atomic mass is 10.00. The molecule has 4 atom stereocenters. The van der Waals surface area contributed by atoms with Gasteiger partial charge in [0, 0.05) is 25.2 Å². The fourth-order valence-corrected chi connectivity index (χ4v) is 8.43. The van der Waals surface area contributed by atoms with Crippen LogP contribution in [0.25, 0.3) is 0 Å². The molecule has 13 nitrogen and oxygen atoms in total. The molecule has 1 N–H and O–H groups in total. The van der Waals surface area contributed by atoms with Crippen LogP contribution in [0, 0.1) is 0 Å². The van der Waals surface area contributed by atoms with Gasteiger partial charge in [-0.15, -0.1) is 0 Å².